The molecular weight excluding hydrogens is 240 g/mol. The number of benzene rings is 1. The van der Waals surface area contributed by atoms with Crippen LogP contribution in [0, 0.1) is 0 Å². The quantitative estimate of drug-likeness (QED) is 0.860. The number of aliphatic hydroxyl groups is 1. The van der Waals surface area contributed by atoms with Crippen LogP contribution in [-0.2, 0) is 4.79 Å². The van der Waals surface area contributed by atoms with Crippen molar-refractivity contribution in [1.82, 2.24) is 10.2 Å². The van der Waals surface area contributed by atoms with E-state index in [0.717, 1.165) is 31.5 Å². The second-order valence-corrected chi connectivity index (χ2v) is 5.21. The summed E-state index contributed by atoms with van der Waals surface area (Å²) in [7, 11) is 0. The SMILES string of the molecule is CC(NC(=O)CN1CCC(O)CC1)c1ccccc1. The zero-order valence-corrected chi connectivity index (χ0v) is 11.4. The van der Waals surface area contributed by atoms with Crippen LogP contribution in [0.3, 0.4) is 0 Å². The fraction of sp³-hybridized carbons (Fsp3) is 0.533. The topological polar surface area (TPSA) is 52.6 Å². The average molecular weight is 262 g/mol. The normalized spacial score (nSPS) is 19.1. The molecule has 0 bridgehead atoms. The molecule has 2 N–H and O–H groups in total. The van der Waals surface area contributed by atoms with Crippen molar-refractivity contribution in [3.05, 3.63) is 35.9 Å². The predicted octanol–water partition coefficient (Wildman–Crippen LogP) is 1.32. The first-order valence-electron chi connectivity index (χ1n) is 6.90. The maximum Gasteiger partial charge on any atom is 0.234 e. The smallest absolute Gasteiger partial charge is 0.234 e. The maximum absolute atomic E-state index is 12.0. The Labute approximate surface area is 114 Å². The van der Waals surface area contributed by atoms with Crippen LogP contribution in [-0.4, -0.2) is 41.7 Å². The van der Waals surface area contributed by atoms with Gasteiger partial charge in [0.1, 0.15) is 0 Å². The van der Waals surface area contributed by atoms with Crippen LogP contribution in [0.1, 0.15) is 31.4 Å². The Morgan fingerprint density at radius 1 is 1.37 bits per heavy atom. The Morgan fingerprint density at radius 2 is 2.00 bits per heavy atom. The van der Waals surface area contributed by atoms with E-state index < -0.39 is 0 Å². The van der Waals surface area contributed by atoms with Crippen LogP contribution in [0.4, 0.5) is 0 Å². The van der Waals surface area contributed by atoms with Crippen molar-refractivity contribution in [2.45, 2.75) is 31.9 Å². The van der Waals surface area contributed by atoms with Gasteiger partial charge in [0.2, 0.25) is 5.91 Å². The standard InChI is InChI=1S/C15H22N2O2/c1-12(13-5-3-2-4-6-13)16-15(19)11-17-9-7-14(18)8-10-17/h2-6,12,14,18H,7-11H2,1H3,(H,16,19). The molecule has 2 rings (SSSR count). The molecule has 1 amide bonds. The van der Waals surface area contributed by atoms with Crippen molar-refractivity contribution in [2.24, 2.45) is 0 Å². The fourth-order valence-corrected chi connectivity index (χ4v) is 2.39. The highest BCUT2D eigenvalue weighted by molar-refractivity contribution is 5.78. The number of aliphatic hydroxyl groups excluding tert-OH is 1. The van der Waals surface area contributed by atoms with Gasteiger partial charge in [-0.2, -0.15) is 0 Å². The van der Waals surface area contributed by atoms with Crippen molar-refractivity contribution >= 4 is 5.91 Å². The summed E-state index contributed by atoms with van der Waals surface area (Å²) in [5.74, 6) is 0.0488. The number of nitrogens with zero attached hydrogens (tertiary/aromatic N) is 1. The summed E-state index contributed by atoms with van der Waals surface area (Å²) in [5.41, 5.74) is 1.12. The molecule has 1 heterocycles. The Kier molecular flexibility index (Phi) is 4.93. The summed E-state index contributed by atoms with van der Waals surface area (Å²) in [5, 5.41) is 12.4. The van der Waals surface area contributed by atoms with Crippen LogP contribution in [0.2, 0.25) is 0 Å². The highest BCUT2D eigenvalue weighted by atomic mass is 16.3. The molecule has 1 atom stereocenters. The molecule has 0 aromatic heterocycles. The molecule has 1 saturated heterocycles. The first kappa shape index (κ1) is 14.0. The molecule has 1 aliphatic rings. The lowest BCUT2D eigenvalue weighted by atomic mass is 10.1. The molecule has 19 heavy (non-hydrogen) atoms. The van der Waals surface area contributed by atoms with Crippen molar-refractivity contribution in [2.75, 3.05) is 19.6 Å². The van der Waals surface area contributed by atoms with E-state index in [-0.39, 0.29) is 18.1 Å². The van der Waals surface area contributed by atoms with Crippen molar-refractivity contribution < 1.29 is 9.90 Å². The van der Waals surface area contributed by atoms with E-state index in [0.29, 0.717) is 6.54 Å². The third-order valence-electron chi connectivity index (χ3n) is 3.60. The lowest BCUT2D eigenvalue weighted by Gasteiger charge is -2.29. The van der Waals surface area contributed by atoms with Crippen LogP contribution >= 0.6 is 0 Å². The first-order valence-corrected chi connectivity index (χ1v) is 6.90. The molecule has 4 nitrogen and oxygen atoms in total. The van der Waals surface area contributed by atoms with Gasteiger partial charge in [0.05, 0.1) is 18.7 Å². The van der Waals surface area contributed by atoms with Gasteiger partial charge in [-0.3, -0.25) is 9.69 Å². The predicted molar refractivity (Wildman–Crippen MR) is 74.7 cm³/mol. The third-order valence-corrected chi connectivity index (χ3v) is 3.60. The van der Waals surface area contributed by atoms with Gasteiger partial charge in [-0.1, -0.05) is 30.3 Å². The zero-order valence-electron chi connectivity index (χ0n) is 11.4. The summed E-state index contributed by atoms with van der Waals surface area (Å²) in [6, 6.07) is 9.99. The highest BCUT2D eigenvalue weighted by Gasteiger charge is 2.19. The fourth-order valence-electron chi connectivity index (χ4n) is 2.39. The average Bonchev–Trinajstić information content (AvgIpc) is 2.42. The first-order chi connectivity index (χ1) is 9.15. The van der Waals surface area contributed by atoms with Crippen LogP contribution in [0.15, 0.2) is 30.3 Å². The Morgan fingerprint density at radius 3 is 2.63 bits per heavy atom. The zero-order chi connectivity index (χ0) is 13.7. The summed E-state index contributed by atoms with van der Waals surface area (Å²) in [6.45, 7) is 4.01. The number of likely N-dealkylation sites (tertiary alicyclic amines) is 1. The van der Waals surface area contributed by atoms with Gasteiger partial charge in [-0.05, 0) is 25.3 Å². The minimum absolute atomic E-state index is 0.0316. The van der Waals surface area contributed by atoms with Gasteiger partial charge in [0.25, 0.3) is 0 Å². The maximum atomic E-state index is 12.0. The van der Waals surface area contributed by atoms with E-state index in [2.05, 4.69) is 10.2 Å². The molecule has 1 aliphatic heterocycles. The number of carbonyl (C=O) groups is 1. The number of rotatable bonds is 4. The van der Waals surface area contributed by atoms with E-state index in [4.69, 9.17) is 0 Å². The Hall–Kier alpha value is -1.39. The number of hydrogen-bond donors (Lipinski definition) is 2. The molecule has 4 heteroatoms. The summed E-state index contributed by atoms with van der Waals surface area (Å²) < 4.78 is 0. The van der Waals surface area contributed by atoms with Gasteiger partial charge in [-0.15, -0.1) is 0 Å². The number of amides is 1. The van der Waals surface area contributed by atoms with E-state index in [9.17, 15) is 9.90 Å². The molecular formula is C15H22N2O2. The minimum atomic E-state index is -0.192. The number of nitrogens with one attached hydrogen (secondary N) is 1. The third kappa shape index (κ3) is 4.33. The summed E-state index contributed by atoms with van der Waals surface area (Å²) in [6.07, 6.45) is 1.34. The van der Waals surface area contributed by atoms with Crippen LogP contribution in [0.5, 0.6) is 0 Å². The van der Waals surface area contributed by atoms with Crippen molar-refractivity contribution in [3.8, 4) is 0 Å². The molecule has 0 radical (unpaired) electrons. The largest absolute Gasteiger partial charge is 0.393 e. The molecule has 1 fully saturated rings. The van der Waals surface area contributed by atoms with Gasteiger partial charge in [0.15, 0.2) is 0 Å². The molecule has 1 aromatic rings. The number of hydrogen-bond acceptors (Lipinski definition) is 3. The second-order valence-electron chi connectivity index (χ2n) is 5.21. The van der Waals surface area contributed by atoms with Gasteiger partial charge in [-0.25, -0.2) is 0 Å². The number of piperidine rings is 1. The summed E-state index contributed by atoms with van der Waals surface area (Å²) >= 11 is 0. The lowest BCUT2D eigenvalue weighted by molar-refractivity contribution is -0.123. The van der Waals surface area contributed by atoms with Gasteiger partial charge >= 0.3 is 0 Å². The summed E-state index contributed by atoms with van der Waals surface area (Å²) in [4.78, 5) is 14.1. The molecule has 0 spiro atoms. The minimum Gasteiger partial charge on any atom is -0.393 e. The van der Waals surface area contributed by atoms with Crippen molar-refractivity contribution in [1.29, 1.82) is 0 Å². The molecule has 1 unspecified atom stereocenters. The van der Waals surface area contributed by atoms with Gasteiger partial charge in [0, 0.05) is 13.1 Å². The molecule has 0 aliphatic carbocycles. The monoisotopic (exact) mass is 262 g/mol. The van der Waals surface area contributed by atoms with E-state index >= 15 is 0 Å². The van der Waals surface area contributed by atoms with E-state index in [1.165, 1.54) is 0 Å². The van der Waals surface area contributed by atoms with E-state index in [1.807, 2.05) is 37.3 Å². The van der Waals surface area contributed by atoms with E-state index in [1.54, 1.807) is 0 Å². The lowest BCUT2D eigenvalue weighted by Crippen LogP contribution is -2.43. The Bertz CT molecular complexity index is 400. The van der Waals surface area contributed by atoms with Crippen LogP contribution < -0.4 is 5.32 Å². The van der Waals surface area contributed by atoms with Crippen LogP contribution in [0.25, 0.3) is 0 Å². The number of carbonyl (C=O) groups excluding carboxylic acids is 1. The van der Waals surface area contributed by atoms with Gasteiger partial charge < -0.3 is 10.4 Å². The Balaban J connectivity index is 1.78. The molecule has 0 saturated carbocycles. The molecule has 1 aromatic carbocycles. The highest BCUT2D eigenvalue weighted by Crippen LogP contribution is 2.12. The van der Waals surface area contributed by atoms with Crippen molar-refractivity contribution in [3.63, 3.8) is 0 Å². The molecule has 104 valence electrons. The second kappa shape index (κ2) is 6.68.